The lowest BCUT2D eigenvalue weighted by Crippen LogP contribution is -2.13. The van der Waals surface area contributed by atoms with Crippen molar-refractivity contribution in [3.8, 4) is 10.6 Å². The maximum Gasteiger partial charge on any atom is 0.274 e. The van der Waals surface area contributed by atoms with Crippen LogP contribution in [0.3, 0.4) is 0 Å². The highest BCUT2D eigenvalue weighted by molar-refractivity contribution is 7.13. The Labute approximate surface area is 125 Å². The smallest absolute Gasteiger partial charge is 0.274 e. The fourth-order valence-corrected chi connectivity index (χ4v) is 2.47. The van der Waals surface area contributed by atoms with E-state index in [9.17, 15) is 4.79 Å². The van der Waals surface area contributed by atoms with Crippen molar-refractivity contribution in [2.75, 3.05) is 11.1 Å². The highest BCUT2D eigenvalue weighted by Crippen LogP contribution is 2.24. The van der Waals surface area contributed by atoms with Crippen LogP contribution in [0.2, 0.25) is 0 Å². The van der Waals surface area contributed by atoms with Gasteiger partial charge in [-0.05, 0) is 24.3 Å². The zero-order chi connectivity index (χ0) is 14.7. The Bertz CT molecular complexity index is 754. The van der Waals surface area contributed by atoms with Gasteiger partial charge in [-0.25, -0.2) is 9.97 Å². The third-order valence-corrected chi connectivity index (χ3v) is 3.64. The Morgan fingerprint density at radius 3 is 2.81 bits per heavy atom. The summed E-state index contributed by atoms with van der Waals surface area (Å²) < 4.78 is 0. The molecule has 0 bridgehead atoms. The van der Waals surface area contributed by atoms with E-state index in [0.717, 1.165) is 10.6 Å². The van der Waals surface area contributed by atoms with Crippen LogP contribution < -0.4 is 11.1 Å². The molecule has 3 aromatic rings. The molecule has 0 radical (unpaired) electrons. The number of rotatable bonds is 3. The second-order valence-corrected chi connectivity index (χ2v) is 5.24. The van der Waals surface area contributed by atoms with Crippen molar-refractivity contribution >= 4 is 28.6 Å². The van der Waals surface area contributed by atoms with Gasteiger partial charge in [0, 0.05) is 22.8 Å². The van der Waals surface area contributed by atoms with E-state index < -0.39 is 0 Å². The number of nitrogens with one attached hydrogen (secondary N) is 1. The van der Waals surface area contributed by atoms with E-state index in [-0.39, 0.29) is 5.91 Å². The van der Waals surface area contributed by atoms with Crippen molar-refractivity contribution in [2.45, 2.75) is 0 Å². The fourth-order valence-electron chi connectivity index (χ4n) is 1.83. The molecule has 104 valence electrons. The first kappa shape index (κ1) is 13.3. The number of hydrogen-bond acceptors (Lipinski definition) is 5. The number of thiazole rings is 1. The van der Waals surface area contributed by atoms with E-state index in [1.165, 1.54) is 6.20 Å². The third kappa shape index (κ3) is 3.06. The summed E-state index contributed by atoms with van der Waals surface area (Å²) in [7, 11) is 0. The van der Waals surface area contributed by atoms with E-state index in [0.29, 0.717) is 17.1 Å². The fraction of sp³-hybridized carbons (Fsp3) is 0. The molecular formula is C15H12N4OS. The van der Waals surface area contributed by atoms with Crippen LogP contribution in [-0.4, -0.2) is 15.9 Å². The number of aromatic nitrogens is 2. The van der Waals surface area contributed by atoms with Crippen molar-refractivity contribution in [2.24, 2.45) is 0 Å². The molecule has 0 spiro atoms. The summed E-state index contributed by atoms with van der Waals surface area (Å²) in [5.41, 5.74) is 8.07. The normalized spacial score (nSPS) is 10.3. The zero-order valence-corrected chi connectivity index (χ0v) is 11.8. The molecule has 1 aromatic carbocycles. The minimum atomic E-state index is -0.272. The number of carbonyl (C=O) groups is 1. The molecule has 2 aromatic heterocycles. The van der Waals surface area contributed by atoms with Crippen molar-refractivity contribution < 1.29 is 4.79 Å². The molecule has 0 aliphatic heterocycles. The molecule has 2 heterocycles. The van der Waals surface area contributed by atoms with Gasteiger partial charge < -0.3 is 11.1 Å². The molecule has 0 unspecified atom stereocenters. The molecule has 21 heavy (non-hydrogen) atoms. The first-order chi connectivity index (χ1) is 10.2. The number of anilines is 2. The summed E-state index contributed by atoms with van der Waals surface area (Å²) in [5.74, 6) is -0.272. The van der Waals surface area contributed by atoms with E-state index in [2.05, 4.69) is 15.3 Å². The number of pyridine rings is 1. The number of amides is 1. The van der Waals surface area contributed by atoms with Crippen molar-refractivity contribution in [1.29, 1.82) is 0 Å². The maximum atomic E-state index is 12.1. The first-order valence-electron chi connectivity index (χ1n) is 6.25. The summed E-state index contributed by atoms with van der Waals surface area (Å²) >= 11 is 1.55. The average molecular weight is 296 g/mol. The van der Waals surface area contributed by atoms with Gasteiger partial charge in [-0.15, -0.1) is 11.3 Å². The van der Waals surface area contributed by atoms with Crippen LogP contribution in [0.25, 0.3) is 10.6 Å². The standard InChI is InChI=1S/C15H12N4OS/c16-11-4-5-13(18-9-11)14(20)19-12-3-1-2-10(8-12)15-17-6-7-21-15/h1-9H,16H2,(H,19,20). The van der Waals surface area contributed by atoms with Crippen LogP contribution in [-0.2, 0) is 0 Å². The van der Waals surface area contributed by atoms with Gasteiger partial charge in [-0.3, -0.25) is 4.79 Å². The summed E-state index contributed by atoms with van der Waals surface area (Å²) in [6.07, 6.45) is 3.21. The number of hydrogen-bond donors (Lipinski definition) is 2. The van der Waals surface area contributed by atoms with Gasteiger partial charge in [0.15, 0.2) is 0 Å². The zero-order valence-electron chi connectivity index (χ0n) is 11.0. The summed E-state index contributed by atoms with van der Waals surface area (Å²) in [6.45, 7) is 0. The summed E-state index contributed by atoms with van der Waals surface area (Å²) in [4.78, 5) is 20.3. The average Bonchev–Trinajstić information content (AvgIpc) is 3.02. The maximum absolute atomic E-state index is 12.1. The van der Waals surface area contributed by atoms with Crippen LogP contribution in [0, 0.1) is 0 Å². The highest BCUT2D eigenvalue weighted by Gasteiger charge is 2.08. The van der Waals surface area contributed by atoms with Crippen LogP contribution in [0.5, 0.6) is 0 Å². The number of carbonyl (C=O) groups excluding carboxylic acids is 1. The molecule has 0 saturated heterocycles. The molecule has 0 fully saturated rings. The lowest BCUT2D eigenvalue weighted by Gasteiger charge is -2.06. The summed E-state index contributed by atoms with van der Waals surface area (Å²) in [5, 5.41) is 5.64. The number of nitrogens with two attached hydrogens (primary N) is 1. The topological polar surface area (TPSA) is 80.9 Å². The molecular weight excluding hydrogens is 284 g/mol. The second kappa shape index (κ2) is 5.72. The van der Waals surface area contributed by atoms with Gasteiger partial charge in [0.05, 0.1) is 11.9 Å². The van der Waals surface area contributed by atoms with Gasteiger partial charge in [-0.2, -0.15) is 0 Å². The molecule has 1 amide bonds. The molecule has 0 saturated carbocycles. The molecule has 0 atom stereocenters. The molecule has 0 aliphatic rings. The Hall–Kier alpha value is -2.73. The second-order valence-electron chi connectivity index (χ2n) is 4.35. The lowest BCUT2D eigenvalue weighted by atomic mass is 10.2. The third-order valence-electron chi connectivity index (χ3n) is 2.82. The van der Waals surface area contributed by atoms with E-state index >= 15 is 0 Å². The van der Waals surface area contributed by atoms with Crippen LogP contribution >= 0.6 is 11.3 Å². The van der Waals surface area contributed by atoms with Crippen molar-refractivity contribution in [3.05, 3.63) is 59.9 Å². The Morgan fingerprint density at radius 1 is 1.19 bits per heavy atom. The Kier molecular flexibility index (Phi) is 3.61. The van der Waals surface area contributed by atoms with Gasteiger partial charge in [0.2, 0.25) is 0 Å². The van der Waals surface area contributed by atoms with E-state index in [4.69, 9.17) is 5.73 Å². The van der Waals surface area contributed by atoms with Gasteiger partial charge in [0.25, 0.3) is 5.91 Å². The Morgan fingerprint density at radius 2 is 2.10 bits per heavy atom. The first-order valence-corrected chi connectivity index (χ1v) is 7.13. The quantitative estimate of drug-likeness (QED) is 0.778. The van der Waals surface area contributed by atoms with E-state index in [1.54, 1.807) is 29.7 Å². The van der Waals surface area contributed by atoms with Crippen molar-refractivity contribution in [1.82, 2.24) is 9.97 Å². The minimum absolute atomic E-state index is 0.272. The van der Waals surface area contributed by atoms with E-state index in [1.807, 2.05) is 29.6 Å². The molecule has 0 aliphatic carbocycles. The van der Waals surface area contributed by atoms with Gasteiger partial charge in [0.1, 0.15) is 10.7 Å². The molecule has 3 N–H and O–H groups in total. The predicted molar refractivity (Wildman–Crippen MR) is 84.2 cm³/mol. The largest absolute Gasteiger partial charge is 0.397 e. The molecule has 6 heteroatoms. The lowest BCUT2D eigenvalue weighted by molar-refractivity contribution is 0.102. The number of nitrogen functional groups attached to an aromatic ring is 1. The SMILES string of the molecule is Nc1ccc(C(=O)Nc2cccc(-c3nccs3)c2)nc1. The molecule has 5 nitrogen and oxygen atoms in total. The minimum Gasteiger partial charge on any atom is -0.397 e. The van der Waals surface area contributed by atoms with Crippen molar-refractivity contribution in [3.63, 3.8) is 0 Å². The monoisotopic (exact) mass is 296 g/mol. The van der Waals surface area contributed by atoms with Crippen LogP contribution in [0.1, 0.15) is 10.5 Å². The highest BCUT2D eigenvalue weighted by atomic mass is 32.1. The number of benzene rings is 1. The van der Waals surface area contributed by atoms with Crippen LogP contribution in [0.15, 0.2) is 54.2 Å². The van der Waals surface area contributed by atoms with Crippen LogP contribution in [0.4, 0.5) is 11.4 Å². The summed E-state index contributed by atoms with van der Waals surface area (Å²) in [6, 6.07) is 10.8. The van der Waals surface area contributed by atoms with Gasteiger partial charge >= 0.3 is 0 Å². The Balaban J connectivity index is 1.80. The van der Waals surface area contributed by atoms with Gasteiger partial charge in [-0.1, -0.05) is 12.1 Å². The molecule has 3 rings (SSSR count). The predicted octanol–water partition coefficient (Wildman–Crippen LogP) is 3.04. The number of nitrogens with zero attached hydrogens (tertiary/aromatic N) is 2.